The van der Waals surface area contributed by atoms with Crippen LogP contribution in [-0.2, 0) is 11.3 Å². The Labute approximate surface area is 128 Å². The number of urea groups is 1. The van der Waals surface area contributed by atoms with Crippen molar-refractivity contribution in [2.45, 2.75) is 26.3 Å². The molecule has 0 unspecified atom stereocenters. The number of hydrogen-bond donors (Lipinski definition) is 3. The van der Waals surface area contributed by atoms with Crippen LogP contribution in [0.25, 0.3) is 0 Å². The van der Waals surface area contributed by atoms with Crippen LogP contribution >= 0.6 is 11.6 Å². The molecule has 7 heteroatoms. The van der Waals surface area contributed by atoms with Gasteiger partial charge in [0.1, 0.15) is 5.75 Å². The first kappa shape index (κ1) is 17.1. The maximum absolute atomic E-state index is 11.6. The van der Waals surface area contributed by atoms with Crippen molar-refractivity contribution in [3.8, 4) is 5.75 Å². The number of hydrogen-bond acceptors (Lipinski definition) is 3. The molecule has 0 spiro atoms. The Morgan fingerprint density at radius 2 is 2.10 bits per heavy atom. The lowest BCUT2D eigenvalue weighted by atomic mass is 10.2. The van der Waals surface area contributed by atoms with Crippen molar-refractivity contribution in [1.29, 1.82) is 0 Å². The highest BCUT2D eigenvalue weighted by atomic mass is 35.5. The molecule has 0 aliphatic rings. The maximum Gasteiger partial charge on any atom is 0.315 e. The Morgan fingerprint density at radius 1 is 1.33 bits per heavy atom. The lowest BCUT2D eigenvalue weighted by molar-refractivity contribution is -0.137. The van der Waals surface area contributed by atoms with Crippen LogP contribution in [0.1, 0.15) is 25.3 Å². The molecular formula is C14H19ClN2O4. The average Bonchev–Trinajstić information content (AvgIpc) is 2.43. The van der Waals surface area contributed by atoms with Crippen molar-refractivity contribution in [3.63, 3.8) is 0 Å². The number of carboxylic acids is 1. The van der Waals surface area contributed by atoms with Crippen molar-refractivity contribution >= 4 is 23.6 Å². The molecule has 0 fully saturated rings. The maximum atomic E-state index is 11.6. The second kappa shape index (κ2) is 9.07. The van der Waals surface area contributed by atoms with Crippen LogP contribution in [0.3, 0.4) is 0 Å². The summed E-state index contributed by atoms with van der Waals surface area (Å²) in [5.41, 5.74) is 0.821. The Balaban J connectivity index is 2.40. The van der Waals surface area contributed by atoms with Gasteiger partial charge in [-0.3, -0.25) is 4.79 Å². The minimum Gasteiger partial charge on any atom is -0.493 e. The highest BCUT2D eigenvalue weighted by Gasteiger charge is 2.07. The van der Waals surface area contributed by atoms with Gasteiger partial charge in [0.2, 0.25) is 0 Å². The number of halogens is 1. The predicted molar refractivity (Wildman–Crippen MR) is 79.7 cm³/mol. The van der Waals surface area contributed by atoms with E-state index in [-0.39, 0.29) is 12.5 Å². The van der Waals surface area contributed by atoms with E-state index in [1.165, 1.54) is 0 Å². The highest BCUT2D eigenvalue weighted by molar-refractivity contribution is 6.30. The summed E-state index contributed by atoms with van der Waals surface area (Å²) >= 11 is 5.90. The summed E-state index contributed by atoms with van der Waals surface area (Å²) in [6.45, 7) is 3.00. The van der Waals surface area contributed by atoms with Gasteiger partial charge in [0, 0.05) is 30.1 Å². The van der Waals surface area contributed by atoms with Gasteiger partial charge < -0.3 is 20.5 Å². The topological polar surface area (TPSA) is 87.7 Å². The summed E-state index contributed by atoms with van der Waals surface area (Å²) in [5, 5.41) is 14.3. The Bertz CT molecular complexity index is 494. The first-order chi connectivity index (χ1) is 10.0. The van der Waals surface area contributed by atoms with E-state index >= 15 is 0 Å². The Morgan fingerprint density at radius 3 is 2.76 bits per heavy atom. The van der Waals surface area contributed by atoms with E-state index in [1.54, 1.807) is 18.2 Å². The van der Waals surface area contributed by atoms with Crippen LogP contribution in [0.4, 0.5) is 4.79 Å². The number of carbonyl (C=O) groups is 2. The quantitative estimate of drug-likeness (QED) is 0.643. The van der Waals surface area contributed by atoms with Crippen LogP contribution in [0.2, 0.25) is 5.02 Å². The number of ether oxygens (including phenoxy) is 1. The van der Waals surface area contributed by atoms with Crippen LogP contribution in [0, 0.1) is 0 Å². The summed E-state index contributed by atoms with van der Waals surface area (Å²) in [6, 6.07) is 4.87. The summed E-state index contributed by atoms with van der Waals surface area (Å²) in [6.07, 6.45) is 0.430. The lowest BCUT2D eigenvalue weighted by Gasteiger charge is -2.12. The number of carboxylic acid groups (broad SMARTS) is 1. The number of rotatable bonds is 8. The second-order valence-electron chi connectivity index (χ2n) is 4.29. The van der Waals surface area contributed by atoms with Crippen molar-refractivity contribution in [2.24, 2.45) is 0 Å². The average molecular weight is 315 g/mol. The molecule has 3 N–H and O–H groups in total. The van der Waals surface area contributed by atoms with E-state index in [2.05, 4.69) is 10.6 Å². The smallest absolute Gasteiger partial charge is 0.315 e. The molecule has 0 aliphatic carbocycles. The Hall–Kier alpha value is -1.95. The summed E-state index contributed by atoms with van der Waals surface area (Å²) < 4.78 is 5.45. The van der Waals surface area contributed by atoms with Crippen LogP contribution in [-0.4, -0.2) is 30.3 Å². The summed E-state index contributed by atoms with van der Waals surface area (Å²) in [7, 11) is 0. The zero-order chi connectivity index (χ0) is 15.7. The summed E-state index contributed by atoms with van der Waals surface area (Å²) in [4.78, 5) is 21.9. The van der Waals surface area contributed by atoms with E-state index in [1.807, 2.05) is 6.92 Å². The van der Waals surface area contributed by atoms with Crippen LogP contribution < -0.4 is 15.4 Å². The molecule has 1 aromatic rings. The number of amides is 2. The minimum absolute atomic E-state index is 0.0337. The molecule has 0 atom stereocenters. The van der Waals surface area contributed by atoms with E-state index in [0.717, 1.165) is 5.56 Å². The van der Waals surface area contributed by atoms with Gasteiger partial charge in [0.25, 0.3) is 0 Å². The molecule has 6 nitrogen and oxygen atoms in total. The summed E-state index contributed by atoms with van der Waals surface area (Å²) in [5.74, 6) is -0.240. The largest absolute Gasteiger partial charge is 0.493 e. The molecule has 0 radical (unpaired) electrons. The molecule has 0 bridgehead atoms. The molecule has 1 aromatic carbocycles. The molecule has 116 valence electrons. The number of carbonyl (C=O) groups excluding carboxylic acids is 1. The number of nitrogens with one attached hydrogen (secondary N) is 2. The van der Waals surface area contributed by atoms with Gasteiger partial charge in [-0.15, -0.1) is 0 Å². The zero-order valence-electron chi connectivity index (χ0n) is 11.8. The third kappa shape index (κ3) is 6.85. The van der Waals surface area contributed by atoms with Crippen molar-refractivity contribution < 1.29 is 19.4 Å². The van der Waals surface area contributed by atoms with Gasteiger partial charge in [0.15, 0.2) is 0 Å². The number of benzene rings is 1. The van der Waals surface area contributed by atoms with Crippen molar-refractivity contribution in [1.82, 2.24) is 10.6 Å². The van der Waals surface area contributed by atoms with Crippen molar-refractivity contribution in [2.75, 3.05) is 13.2 Å². The molecule has 21 heavy (non-hydrogen) atoms. The van der Waals surface area contributed by atoms with Crippen LogP contribution in [0.15, 0.2) is 18.2 Å². The fourth-order valence-corrected chi connectivity index (χ4v) is 1.81. The molecule has 0 saturated carbocycles. The normalized spacial score (nSPS) is 10.0. The molecule has 0 saturated heterocycles. The number of aliphatic carboxylic acids is 1. The fraction of sp³-hybridized carbons (Fsp3) is 0.429. The van der Waals surface area contributed by atoms with E-state index in [4.69, 9.17) is 21.4 Å². The molecular weight excluding hydrogens is 296 g/mol. The fourth-order valence-electron chi connectivity index (χ4n) is 1.64. The van der Waals surface area contributed by atoms with Gasteiger partial charge in [0.05, 0.1) is 6.61 Å². The molecule has 0 heterocycles. The second-order valence-corrected chi connectivity index (χ2v) is 4.73. The molecule has 0 aliphatic heterocycles. The lowest BCUT2D eigenvalue weighted by Crippen LogP contribution is -2.35. The van der Waals surface area contributed by atoms with Gasteiger partial charge in [-0.25, -0.2) is 4.79 Å². The van der Waals surface area contributed by atoms with Gasteiger partial charge in [-0.1, -0.05) is 17.7 Å². The third-order valence-corrected chi connectivity index (χ3v) is 2.86. The molecule has 0 aromatic heterocycles. The monoisotopic (exact) mass is 314 g/mol. The first-order valence-corrected chi connectivity index (χ1v) is 7.05. The standard InChI is InChI=1S/C14H19ClN2O4/c1-2-21-12-8-11(15)6-5-10(12)9-17-14(20)16-7-3-4-13(18)19/h5-6,8H,2-4,7,9H2,1H3,(H,18,19)(H2,16,17,20). The third-order valence-electron chi connectivity index (χ3n) is 2.62. The van der Waals surface area contributed by atoms with E-state index < -0.39 is 5.97 Å². The zero-order valence-corrected chi connectivity index (χ0v) is 12.6. The SMILES string of the molecule is CCOc1cc(Cl)ccc1CNC(=O)NCCCC(=O)O. The van der Waals surface area contributed by atoms with Crippen LogP contribution in [0.5, 0.6) is 5.75 Å². The minimum atomic E-state index is -0.875. The van der Waals surface area contributed by atoms with Gasteiger partial charge in [-0.2, -0.15) is 0 Å². The highest BCUT2D eigenvalue weighted by Crippen LogP contribution is 2.23. The molecule has 2 amide bonds. The predicted octanol–water partition coefficient (Wildman–Crippen LogP) is 2.40. The Kier molecular flexibility index (Phi) is 7.39. The first-order valence-electron chi connectivity index (χ1n) is 6.67. The van der Waals surface area contributed by atoms with Crippen molar-refractivity contribution in [3.05, 3.63) is 28.8 Å². The van der Waals surface area contributed by atoms with Gasteiger partial charge >= 0.3 is 12.0 Å². The molecule has 1 rings (SSSR count). The van der Waals surface area contributed by atoms with Gasteiger partial charge in [-0.05, 0) is 25.5 Å². The van der Waals surface area contributed by atoms with E-state index in [9.17, 15) is 9.59 Å². The van der Waals surface area contributed by atoms with E-state index in [0.29, 0.717) is 36.9 Å².